The van der Waals surface area contributed by atoms with E-state index >= 15 is 0 Å². The molecule has 0 aliphatic rings. The molecule has 0 saturated heterocycles. The van der Waals surface area contributed by atoms with Crippen LogP contribution >= 0.6 is 11.8 Å². The number of imide groups is 1. The van der Waals surface area contributed by atoms with Gasteiger partial charge in [0.15, 0.2) is 18.1 Å². The maximum atomic E-state index is 12.6. The number of thioether (sulfide) groups is 1. The predicted molar refractivity (Wildman–Crippen MR) is 119 cm³/mol. The molecule has 0 saturated carbocycles. The number of nitrogens with zero attached hydrogens (tertiary/aromatic N) is 4. The summed E-state index contributed by atoms with van der Waals surface area (Å²) in [6.07, 6.45) is 1.71. The fraction of sp³-hybridized carbons (Fsp3) is 0.182. The zero-order valence-corrected chi connectivity index (χ0v) is 18.1. The predicted octanol–water partition coefficient (Wildman–Crippen LogP) is 2.35. The maximum absolute atomic E-state index is 12.6. The number of carbonyl (C=O) groups excluding carboxylic acids is 3. The van der Waals surface area contributed by atoms with Gasteiger partial charge in [-0.2, -0.15) is 4.68 Å². The number of ether oxygens (including phenoxy) is 1. The van der Waals surface area contributed by atoms with Gasteiger partial charge >= 0.3 is 5.97 Å². The molecule has 1 aromatic heterocycles. The second-order valence-electron chi connectivity index (χ2n) is 6.54. The number of carbonyl (C=O) groups is 3. The highest BCUT2D eigenvalue weighted by Crippen LogP contribution is 2.17. The molecule has 32 heavy (non-hydrogen) atoms. The minimum atomic E-state index is -0.800. The monoisotopic (exact) mass is 451 g/mol. The van der Waals surface area contributed by atoms with Gasteiger partial charge in [0, 0.05) is 17.1 Å². The van der Waals surface area contributed by atoms with Gasteiger partial charge in [0.25, 0.3) is 5.91 Å². The van der Waals surface area contributed by atoms with Gasteiger partial charge in [0.05, 0.1) is 0 Å². The molecule has 164 valence electrons. The van der Waals surface area contributed by atoms with Gasteiger partial charge in [-0.25, -0.2) is 4.79 Å². The lowest BCUT2D eigenvalue weighted by Crippen LogP contribution is -2.34. The molecule has 1 N–H and O–H groups in total. The zero-order chi connectivity index (χ0) is 22.8. The molecule has 0 radical (unpaired) electrons. The summed E-state index contributed by atoms with van der Waals surface area (Å²) in [5.41, 5.74) is 0.766. The molecule has 3 rings (SSSR count). The van der Waals surface area contributed by atoms with E-state index in [2.05, 4.69) is 20.8 Å². The van der Waals surface area contributed by atoms with Gasteiger partial charge in [-0.1, -0.05) is 48.5 Å². The van der Waals surface area contributed by atoms with E-state index in [0.29, 0.717) is 11.6 Å². The number of hydrogen-bond acceptors (Lipinski definition) is 8. The summed E-state index contributed by atoms with van der Waals surface area (Å²) in [7, 11) is 0. The third-order valence-electron chi connectivity index (χ3n) is 4.12. The Bertz CT molecular complexity index is 1100. The molecule has 0 aliphatic carbocycles. The fourth-order valence-electron chi connectivity index (χ4n) is 2.61. The normalized spacial score (nSPS) is 11.1. The average molecular weight is 452 g/mol. The summed E-state index contributed by atoms with van der Waals surface area (Å²) in [6.45, 7) is 1.02. The van der Waals surface area contributed by atoms with Crippen molar-refractivity contribution in [2.24, 2.45) is 0 Å². The fourth-order valence-corrected chi connectivity index (χ4v) is 3.48. The summed E-state index contributed by atoms with van der Waals surface area (Å²) < 4.78 is 6.32. The number of benzene rings is 2. The number of aromatic nitrogens is 4. The Morgan fingerprint density at radius 2 is 1.72 bits per heavy atom. The first kappa shape index (κ1) is 22.9. The third kappa shape index (κ3) is 6.88. The van der Waals surface area contributed by atoms with Gasteiger partial charge in [-0.05, 0) is 41.1 Å². The summed E-state index contributed by atoms with van der Waals surface area (Å²) in [5.74, 6) is -1.05. The van der Waals surface area contributed by atoms with Crippen LogP contribution in [0.4, 0.5) is 0 Å². The van der Waals surface area contributed by atoms with Crippen LogP contribution in [-0.4, -0.2) is 50.4 Å². The quantitative estimate of drug-likeness (QED) is 0.299. The van der Waals surface area contributed by atoms with Crippen LogP contribution < -0.4 is 5.32 Å². The molecular weight excluding hydrogens is 430 g/mol. The highest BCUT2D eigenvalue weighted by atomic mass is 32.2. The van der Waals surface area contributed by atoms with Crippen LogP contribution in [0.3, 0.4) is 0 Å². The lowest BCUT2D eigenvalue weighted by molar-refractivity contribution is -0.144. The summed E-state index contributed by atoms with van der Waals surface area (Å²) >= 11 is 1.51. The molecular formula is C22H21N5O4S. The number of rotatable bonds is 9. The topological polar surface area (TPSA) is 116 Å². The molecule has 1 heterocycles. The van der Waals surface area contributed by atoms with Gasteiger partial charge in [-0.15, -0.1) is 16.9 Å². The van der Waals surface area contributed by atoms with Crippen molar-refractivity contribution >= 4 is 41.3 Å². The van der Waals surface area contributed by atoms with Crippen molar-refractivity contribution in [3.8, 4) is 0 Å². The maximum Gasteiger partial charge on any atom is 0.357 e. The number of nitrogens with one attached hydrogen (secondary N) is 1. The number of hydrogen-bond donors (Lipinski definition) is 1. The second-order valence-corrected chi connectivity index (χ2v) is 7.71. The minimum Gasteiger partial charge on any atom is -0.451 e. The Morgan fingerprint density at radius 3 is 2.38 bits per heavy atom. The second kappa shape index (κ2) is 11.6. The number of tetrazole rings is 1. The standard InChI is InChI=1S/C22H21N5O4S/c1-16-24-25-26-27(16)19(14-17-8-4-2-5-9-17)22(30)31-15-21(29)23-20(28)12-13-32-18-10-6-3-7-11-18/h2-11,14H,12-13,15H2,1H3,(H,23,28,29)/b19-14+. The van der Waals surface area contributed by atoms with Crippen molar-refractivity contribution in [2.75, 3.05) is 12.4 Å². The molecule has 9 nitrogen and oxygen atoms in total. The molecule has 0 unspecified atom stereocenters. The Balaban J connectivity index is 1.53. The van der Waals surface area contributed by atoms with Crippen molar-refractivity contribution in [1.29, 1.82) is 0 Å². The van der Waals surface area contributed by atoms with E-state index in [4.69, 9.17) is 4.74 Å². The molecule has 0 fully saturated rings. The van der Waals surface area contributed by atoms with Crippen LogP contribution in [0.5, 0.6) is 0 Å². The molecule has 10 heteroatoms. The first-order valence-corrected chi connectivity index (χ1v) is 10.7. The van der Waals surface area contributed by atoms with Crippen LogP contribution in [0.25, 0.3) is 11.8 Å². The summed E-state index contributed by atoms with van der Waals surface area (Å²) in [4.78, 5) is 37.7. The molecule has 3 aromatic rings. The van der Waals surface area contributed by atoms with E-state index in [0.717, 1.165) is 10.5 Å². The largest absolute Gasteiger partial charge is 0.451 e. The van der Waals surface area contributed by atoms with Gasteiger partial charge in [-0.3, -0.25) is 14.9 Å². The lowest BCUT2D eigenvalue weighted by Gasteiger charge is -2.09. The minimum absolute atomic E-state index is 0.0390. The summed E-state index contributed by atoms with van der Waals surface area (Å²) in [6, 6.07) is 18.7. The van der Waals surface area contributed by atoms with Crippen molar-refractivity contribution in [3.63, 3.8) is 0 Å². The number of amides is 2. The van der Waals surface area contributed by atoms with Crippen LogP contribution in [0, 0.1) is 6.92 Å². The van der Waals surface area contributed by atoms with Crippen molar-refractivity contribution in [2.45, 2.75) is 18.2 Å². The average Bonchev–Trinajstić information content (AvgIpc) is 3.22. The Hall–Kier alpha value is -3.79. The molecule has 0 aliphatic heterocycles. The Kier molecular flexibility index (Phi) is 8.27. The molecule has 0 atom stereocenters. The molecule has 0 bridgehead atoms. The Morgan fingerprint density at radius 1 is 1.03 bits per heavy atom. The van der Waals surface area contributed by atoms with E-state index < -0.39 is 24.4 Å². The molecule has 2 amide bonds. The smallest absolute Gasteiger partial charge is 0.357 e. The van der Waals surface area contributed by atoms with E-state index in [-0.39, 0.29) is 12.1 Å². The first-order valence-electron chi connectivity index (χ1n) is 9.72. The molecule has 0 spiro atoms. The van der Waals surface area contributed by atoms with E-state index in [1.165, 1.54) is 16.4 Å². The van der Waals surface area contributed by atoms with Gasteiger partial charge in [0.2, 0.25) is 5.91 Å². The van der Waals surface area contributed by atoms with Crippen LogP contribution in [0.1, 0.15) is 17.8 Å². The highest BCUT2D eigenvalue weighted by Gasteiger charge is 2.19. The number of aryl methyl sites for hydroxylation is 1. The van der Waals surface area contributed by atoms with Crippen molar-refractivity contribution < 1.29 is 19.1 Å². The Labute approximate surface area is 188 Å². The van der Waals surface area contributed by atoms with E-state index in [9.17, 15) is 14.4 Å². The SMILES string of the molecule is Cc1nnnn1/C(=C/c1ccccc1)C(=O)OCC(=O)NC(=O)CCSc1ccccc1. The van der Waals surface area contributed by atoms with E-state index in [1.807, 2.05) is 48.5 Å². The zero-order valence-electron chi connectivity index (χ0n) is 17.3. The van der Waals surface area contributed by atoms with Crippen molar-refractivity contribution in [1.82, 2.24) is 25.5 Å². The van der Waals surface area contributed by atoms with Gasteiger partial charge < -0.3 is 4.74 Å². The van der Waals surface area contributed by atoms with Gasteiger partial charge in [0.1, 0.15) is 0 Å². The summed E-state index contributed by atoms with van der Waals surface area (Å²) in [5, 5.41) is 13.3. The third-order valence-corrected chi connectivity index (χ3v) is 5.13. The highest BCUT2D eigenvalue weighted by molar-refractivity contribution is 7.99. The van der Waals surface area contributed by atoms with Crippen LogP contribution in [0.15, 0.2) is 65.6 Å². The lowest BCUT2D eigenvalue weighted by atomic mass is 10.2. The molecule has 2 aromatic carbocycles. The van der Waals surface area contributed by atoms with E-state index in [1.54, 1.807) is 25.1 Å². The first-order chi connectivity index (χ1) is 15.5. The van der Waals surface area contributed by atoms with Crippen LogP contribution in [0.2, 0.25) is 0 Å². The van der Waals surface area contributed by atoms with Crippen molar-refractivity contribution in [3.05, 3.63) is 72.1 Å². The number of esters is 1. The van der Waals surface area contributed by atoms with Crippen LogP contribution in [-0.2, 0) is 19.1 Å².